The third kappa shape index (κ3) is 6.69. The third-order valence-corrected chi connectivity index (χ3v) is 10.4. The van der Waals surface area contributed by atoms with Gasteiger partial charge in [-0.05, 0) is 82.0 Å². The first kappa shape index (κ1) is 33.3. The molecule has 1 saturated carbocycles. The van der Waals surface area contributed by atoms with Crippen molar-refractivity contribution in [1.82, 2.24) is 29.7 Å². The Balaban J connectivity index is 0.984. The summed E-state index contributed by atoms with van der Waals surface area (Å²) in [5.41, 5.74) is 4.09. The number of aryl methyl sites for hydroxylation is 1. The van der Waals surface area contributed by atoms with Crippen molar-refractivity contribution in [2.45, 2.75) is 77.4 Å². The fraction of sp³-hybridized carbons (Fsp3) is 0.432. The van der Waals surface area contributed by atoms with Crippen molar-refractivity contribution in [3.63, 3.8) is 0 Å². The van der Waals surface area contributed by atoms with E-state index < -0.39 is 0 Å². The summed E-state index contributed by atoms with van der Waals surface area (Å²) in [5, 5.41) is 6.32. The van der Waals surface area contributed by atoms with Crippen molar-refractivity contribution in [3.8, 4) is 0 Å². The van der Waals surface area contributed by atoms with Crippen molar-refractivity contribution in [2.75, 3.05) is 41.8 Å². The molecule has 260 valence electrons. The van der Waals surface area contributed by atoms with Crippen molar-refractivity contribution in [3.05, 3.63) is 75.8 Å². The number of hydrogen-bond donors (Lipinski definition) is 2. The molecule has 4 aromatic rings. The van der Waals surface area contributed by atoms with Crippen LogP contribution in [-0.4, -0.2) is 74.9 Å². The Bertz CT molecular complexity index is 2000. The lowest BCUT2D eigenvalue weighted by molar-refractivity contribution is -0.120. The average Bonchev–Trinajstić information content (AvgIpc) is 3.63. The topological polar surface area (TPSA) is 146 Å². The number of ketones is 1. The Morgan fingerprint density at radius 3 is 2.46 bits per heavy atom. The van der Waals surface area contributed by atoms with Gasteiger partial charge in [0, 0.05) is 62.0 Å². The predicted molar refractivity (Wildman–Crippen MR) is 192 cm³/mol. The van der Waals surface area contributed by atoms with Gasteiger partial charge in [0.15, 0.2) is 5.78 Å². The Kier molecular flexibility index (Phi) is 9.32. The van der Waals surface area contributed by atoms with Crippen LogP contribution in [0.4, 0.5) is 27.9 Å². The van der Waals surface area contributed by atoms with Crippen molar-refractivity contribution < 1.29 is 14.4 Å². The number of pyridine rings is 2. The molecule has 0 spiro atoms. The summed E-state index contributed by atoms with van der Waals surface area (Å²) in [6.07, 6.45) is 9.73. The first-order valence-corrected chi connectivity index (χ1v) is 17.5. The Labute approximate surface area is 290 Å². The zero-order valence-electron chi connectivity index (χ0n) is 28.8. The lowest BCUT2D eigenvalue weighted by Gasteiger charge is -2.38. The highest BCUT2D eigenvalue weighted by Crippen LogP contribution is 2.32. The quantitative estimate of drug-likeness (QED) is 0.230. The van der Waals surface area contributed by atoms with Crippen molar-refractivity contribution in [2.24, 2.45) is 0 Å². The second kappa shape index (κ2) is 14.0. The molecular formula is C37H43N9O4. The van der Waals surface area contributed by atoms with Crippen LogP contribution >= 0.6 is 0 Å². The van der Waals surface area contributed by atoms with E-state index >= 15 is 0 Å². The van der Waals surface area contributed by atoms with Gasteiger partial charge in [-0.3, -0.25) is 34.1 Å². The highest BCUT2D eigenvalue weighted by Gasteiger charge is 2.27. The zero-order valence-corrected chi connectivity index (χ0v) is 28.8. The van der Waals surface area contributed by atoms with Gasteiger partial charge in [-0.15, -0.1) is 0 Å². The summed E-state index contributed by atoms with van der Waals surface area (Å²) in [5.74, 6) is 0.478. The molecule has 3 aromatic heterocycles. The number of fused-ring (bicyclic) bond motifs is 1. The minimum absolute atomic E-state index is 0.0159. The lowest BCUT2D eigenvalue weighted by atomic mass is 10.0. The number of Topliss-reactive ketones (excluding diaryl/α,β-unsaturated/α-hetero) is 1. The summed E-state index contributed by atoms with van der Waals surface area (Å²) in [4.78, 5) is 70.2. The number of nitrogens with zero attached hydrogens (tertiary/aromatic N) is 7. The molecule has 0 radical (unpaired) electrons. The number of hydrogen-bond acceptors (Lipinski definition) is 10. The molecule has 3 fully saturated rings. The second-order valence-corrected chi connectivity index (χ2v) is 13.7. The number of piperidine rings is 1. The summed E-state index contributed by atoms with van der Waals surface area (Å²) in [6, 6.07) is 12.0. The highest BCUT2D eigenvalue weighted by molar-refractivity contribution is 6.05. The third-order valence-electron chi connectivity index (χ3n) is 10.4. The number of imide groups is 1. The number of carbonyl (C=O) groups is 3. The first-order chi connectivity index (χ1) is 24.2. The molecule has 2 aliphatic heterocycles. The van der Waals surface area contributed by atoms with E-state index in [1.165, 1.54) is 6.92 Å². The number of aromatic nitrogens is 4. The molecule has 13 heteroatoms. The molecule has 13 nitrogen and oxygen atoms in total. The van der Waals surface area contributed by atoms with Gasteiger partial charge < -0.3 is 10.2 Å². The molecule has 1 aromatic carbocycles. The van der Waals surface area contributed by atoms with Gasteiger partial charge >= 0.3 is 6.03 Å². The minimum Gasteiger partial charge on any atom is -0.370 e. The maximum atomic E-state index is 13.5. The summed E-state index contributed by atoms with van der Waals surface area (Å²) >= 11 is 0. The summed E-state index contributed by atoms with van der Waals surface area (Å²) in [6.45, 7) is 6.19. The fourth-order valence-electron chi connectivity index (χ4n) is 7.69. The van der Waals surface area contributed by atoms with Crippen LogP contribution in [0.3, 0.4) is 0 Å². The normalized spacial score (nSPS) is 17.5. The second-order valence-electron chi connectivity index (χ2n) is 13.7. The molecular weight excluding hydrogens is 634 g/mol. The van der Waals surface area contributed by atoms with Gasteiger partial charge in [0.2, 0.25) is 11.9 Å². The molecule has 0 bridgehead atoms. The van der Waals surface area contributed by atoms with Gasteiger partial charge in [-0.25, -0.2) is 14.8 Å². The summed E-state index contributed by atoms with van der Waals surface area (Å²) in [7, 11) is 2.15. The molecule has 0 unspecified atom stereocenters. The molecule has 2 saturated heterocycles. The van der Waals surface area contributed by atoms with Crippen LogP contribution in [0.1, 0.15) is 79.4 Å². The number of urea groups is 1. The van der Waals surface area contributed by atoms with Crippen LogP contribution < -0.4 is 26.0 Å². The van der Waals surface area contributed by atoms with Gasteiger partial charge in [0.1, 0.15) is 11.5 Å². The van der Waals surface area contributed by atoms with E-state index in [1.807, 2.05) is 36.5 Å². The van der Waals surface area contributed by atoms with E-state index in [-0.39, 0.29) is 34.9 Å². The number of rotatable bonds is 9. The van der Waals surface area contributed by atoms with Crippen LogP contribution in [0.5, 0.6) is 0 Å². The van der Waals surface area contributed by atoms with Gasteiger partial charge in [-0.2, -0.15) is 4.98 Å². The standard InChI is InChI=1S/C37H43N9O4/c1-23-30-21-39-36(42-34(30)46(27-8-4-5-9-27)35(49)33(23)24(2)47)40-31-12-11-29(20-38-31)44-16-13-26(14-17-44)43(3)22-25-7-6-10-28(19-25)45-18-15-32(48)41-37(45)50/h6-7,10-12,19-21,26-27H,4-5,8-9,13-18,22H2,1-3H3,(H,41,48,50)(H,38,39,40,42). The maximum Gasteiger partial charge on any atom is 0.328 e. The first-order valence-electron chi connectivity index (χ1n) is 17.5. The Hall–Kier alpha value is -5.17. The number of carbonyl (C=O) groups excluding carboxylic acids is 3. The highest BCUT2D eigenvalue weighted by atomic mass is 16.2. The molecule has 2 N–H and O–H groups in total. The molecule has 7 rings (SSSR count). The van der Waals surface area contributed by atoms with Crippen molar-refractivity contribution >= 4 is 51.9 Å². The van der Waals surface area contributed by atoms with Crippen LogP contribution in [0, 0.1) is 6.92 Å². The largest absolute Gasteiger partial charge is 0.370 e. The van der Waals surface area contributed by atoms with Crippen LogP contribution in [0.25, 0.3) is 11.0 Å². The van der Waals surface area contributed by atoms with Crippen LogP contribution in [0.15, 0.2) is 53.6 Å². The van der Waals surface area contributed by atoms with E-state index in [4.69, 9.17) is 4.98 Å². The Morgan fingerprint density at radius 2 is 1.76 bits per heavy atom. The SMILES string of the molecule is CC(=O)c1c(C)c2cnc(Nc3ccc(N4CCC(N(C)Cc5cccc(N6CCC(=O)NC6=O)c5)CC4)cn3)nc2n(C2CCCC2)c1=O. The maximum absolute atomic E-state index is 13.5. The molecule has 5 heterocycles. The molecule has 3 amide bonds. The smallest absolute Gasteiger partial charge is 0.328 e. The molecule has 0 atom stereocenters. The number of benzene rings is 1. The monoisotopic (exact) mass is 677 g/mol. The van der Waals surface area contributed by atoms with E-state index in [1.54, 1.807) is 22.6 Å². The van der Waals surface area contributed by atoms with Gasteiger partial charge in [-0.1, -0.05) is 25.0 Å². The number of amides is 3. The van der Waals surface area contributed by atoms with Crippen LogP contribution in [-0.2, 0) is 11.3 Å². The number of anilines is 4. The Morgan fingerprint density at radius 1 is 0.980 bits per heavy atom. The van der Waals surface area contributed by atoms with E-state index in [0.29, 0.717) is 47.4 Å². The van der Waals surface area contributed by atoms with E-state index in [0.717, 1.165) is 75.1 Å². The minimum atomic E-state index is -0.370. The van der Waals surface area contributed by atoms with Gasteiger partial charge in [0.25, 0.3) is 5.56 Å². The van der Waals surface area contributed by atoms with Crippen LogP contribution in [0.2, 0.25) is 0 Å². The predicted octanol–water partition coefficient (Wildman–Crippen LogP) is 5.10. The summed E-state index contributed by atoms with van der Waals surface area (Å²) < 4.78 is 1.72. The van der Waals surface area contributed by atoms with E-state index in [2.05, 4.69) is 43.5 Å². The molecule has 50 heavy (non-hydrogen) atoms. The number of nitrogens with one attached hydrogen (secondary N) is 2. The lowest BCUT2D eigenvalue weighted by Crippen LogP contribution is -2.49. The average molecular weight is 678 g/mol. The van der Waals surface area contributed by atoms with Gasteiger partial charge in [0.05, 0.1) is 17.4 Å². The zero-order chi connectivity index (χ0) is 34.9. The molecule has 3 aliphatic rings. The fourth-order valence-corrected chi connectivity index (χ4v) is 7.69. The van der Waals surface area contributed by atoms with E-state index in [9.17, 15) is 19.2 Å². The van der Waals surface area contributed by atoms with Crippen molar-refractivity contribution in [1.29, 1.82) is 0 Å². The molecule has 1 aliphatic carbocycles.